The normalized spacial score (nSPS) is 19.1. The van der Waals surface area contributed by atoms with Gasteiger partial charge in [0.05, 0.1) is 0 Å². The van der Waals surface area contributed by atoms with Crippen LogP contribution in [0.15, 0.2) is 16.3 Å². The van der Waals surface area contributed by atoms with E-state index in [1.165, 1.54) is 30.6 Å². The Morgan fingerprint density at radius 1 is 1.35 bits per heavy atom. The van der Waals surface area contributed by atoms with Crippen LogP contribution in [0.25, 0.3) is 0 Å². The molecule has 6 heteroatoms. The van der Waals surface area contributed by atoms with Gasteiger partial charge in [0.2, 0.25) is 10.0 Å². The predicted octanol–water partition coefficient (Wildman–Crippen LogP) is 2.84. The molecular formula is C14H24N2O2S2. The van der Waals surface area contributed by atoms with Gasteiger partial charge in [-0.25, -0.2) is 13.1 Å². The number of sulfonamides is 1. The fraction of sp³-hybridized carbons (Fsp3) is 0.714. The Morgan fingerprint density at radius 2 is 2.05 bits per heavy atom. The molecule has 0 aliphatic heterocycles. The van der Waals surface area contributed by atoms with Crippen molar-refractivity contribution < 1.29 is 8.42 Å². The molecule has 0 radical (unpaired) electrons. The van der Waals surface area contributed by atoms with Gasteiger partial charge in [0, 0.05) is 17.5 Å². The van der Waals surface area contributed by atoms with E-state index in [4.69, 9.17) is 5.73 Å². The standard InChI is InChI=1S/C14H24N2O2S2/c1-2-13(11-6-4-3-5-7-11)16-20(17,18)14-9-8-12(10-15)19-14/h8-9,11,13,16H,2-7,10,15H2,1H3. The van der Waals surface area contributed by atoms with E-state index in [2.05, 4.69) is 11.6 Å². The van der Waals surface area contributed by atoms with Crippen molar-refractivity contribution in [3.05, 3.63) is 17.0 Å². The number of nitrogens with one attached hydrogen (secondary N) is 1. The second-order valence-corrected chi connectivity index (χ2v) is 8.57. The van der Waals surface area contributed by atoms with Crippen LogP contribution in [0, 0.1) is 5.92 Å². The molecular weight excluding hydrogens is 292 g/mol. The van der Waals surface area contributed by atoms with Crippen LogP contribution < -0.4 is 10.5 Å². The summed E-state index contributed by atoms with van der Waals surface area (Å²) >= 11 is 1.26. The highest BCUT2D eigenvalue weighted by molar-refractivity contribution is 7.91. The number of thiophene rings is 1. The van der Waals surface area contributed by atoms with Gasteiger partial charge in [-0.2, -0.15) is 0 Å². The van der Waals surface area contributed by atoms with Crippen LogP contribution in [0.3, 0.4) is 0 Å². The Morgan fingerprint density at radius 3 is 2.60 bits per heavy atom. The van der Waals surface area contributed by atoms with Gasteiger partial charge in [0.1, 0.15) is 4.21 Å². The van der Waals surface area contributed by atoms with Crippen molar-refractivity contribution in [1.82, 2.24) is 4.72 Å². The summed E-state index contributed by atoms with van der Waals surface area (Å²) in [6.45, 7) is 2.45. The van der Waals surface area contributed by atoms with Crippen molar-refractivity contribution >= 4 is 21.4 Å². The fourth-order valence-corrected chi connectivity index (χ4v) is 5.56. The number of nitrogens with two attached hydrogens (primary N) is 1. The SMILES string of the molecule is CCC(NS(=O)(=O)c1ccc(CN)s1)C1CCCCC1. The molecule has 0 amide bonds. The first-order chi connectivity index (χ1) is 9.56. The molecule has 114 valence electrons. The van der Waals surface area contributed by atoms with Crippen LogP contribution in [0.5, 0.6) is 0 Å². The van der Waals surface area contributed by atoms with Gasteiger partial charge in [-0.3, -0.25) is 0 Å². The Hall–Kier alpha value is -0.430. The third kappa shape index (κ3) is 3.81. The molecule has 1 heterocycles. The second-order valence-electron chi connectivity index (χ2n) is 5.46. The third-order valence-electron chi connectivity index (χ3n) is 4.07. The zero-order valence-corrected chi connectivity index (χ0v) is 13.6. The largest absolute Gasteiger partial charge is 0.326 e. The minimum atomic E-state index is -3.40. The van der Waals surface area contributed by atoms with E-state index in [1.807, 2.05) is 0 Å². The maximum Gasteiger partial charge on any atom is 0.250 e. The Kier molecular flexibility index (Phi) is 5.60. The highest BCUT2D eigenvalue weighted by atomic mass is 32.2. The maximum atomic E-state index is 12.4. The second kappa shape index (κ2) is 7.02. The first kappa shape index (κ1) is 15.9. The minimum Gasteiger partial charge on any atom is -0.326 e. The topological polar surface area (TPSA) is 72.2 Å². The molecule has 2 rings (SSSR count). The summed E-state index contributed by atoms with van der Waals surface area (Å²) in [5, 5.41) is 0. The van der Waals surface area contributed by atoms with E-state index in [0.29, 0.717) is 16.7 Å². The van der Waals surface area contributed by atoms with Crippen LogP contribution in [0.1, 0.15) is 50.3 Å². The summed E-state index contributed by atoms with van der Waals surface area (Å²) < 4.78 is 28.2. The van der Waals surface area contributed by atoms with Gasteiger partial charge in [0.15, 0.2) is 0 Å². The smallest absolute Gasteiger partial charge is 0.250 e. The van der Waals surface area contributed by atoms with Crippen LogP contribution in [0.2, 0.25) is 0 Å². The molecule has 0 aromatic carbocycles. The van der Waals surface area contributed by atoms with Crippen molar-refractivity contribution in [2.45, 2.75) is 62.2 Å². The summed E-state index contributed by atoms with van der Waals surface area (Å²) in [5.74, 6) is 0.484. The lowest BCUT2D eigenvalue weighted by Gasteiger charge is -2.29. The molecule has 0 saturated heterocycles. The molecule has 0 bridgehead atoms. The van der Waals surface area contributed by atoms with Crippen LogP contribution in [-0.2, 0) is 16.6 Å². The van der Waals surface area contributed by atoms with E-state index >= 15 is 0 Å². The average Bonchev–Trinajstić information content (AvgIpc) is 2.95. The third-order valence-corrected chi connectivity index (χ3v) is 7.16. The number of hydrogen-bond acceptors (Lipinski definition) is 4. The molecule has 1 aromatic heterocycles. The summed E-state index contributed by atoms with van der Waals surface area (Å²) in [4.78, 5) is 0.899. The lowest BCUT2D eigenvalue weighted by molar-refractivity contribution is 0.285. The zero-order valence-electron chi connectivity index (χ0n) is 12.0. The van der Waals surface area contributed by atoms with Gasteiger partial charge >= 0.3 is 0 Å². The summed E-state index contributed by atoms with van der Waals surface area (Å²) in [7, 11) is -3.40. The maximum absolute atomic E-state index is 12.4. The Balaban J connectivity index is 2.08. The average molecular weight is 316 g/mol. The van der Waals surface area contributed by atoms with Crippen LogP contribution in [0.4, 0.5) is 0 Å². The van der Waals surface area contributed by atoms with E-state index in [0.717, 1.165) is 24.1 Å². The molecule has 4 nitrogen and oxygen atoms in total. The molecule has 1 aromatic rings. The lowest BCUT2D eigenvalue weighted by Crippen LogP contribution is -2.40. The number of hydrogen-bond donors (Lipinski definition) is 2. The van der Waals surface area contributed by atoms with E-state index in [-0.39, 0.29) is 6.04 Å². The first-order valence-electron chi connectivity index (χ1n) is 7.38. The van der Waals surface area contributed by atoms with Gasteiger partial charge in [0.25, 0.3) is 0 Å². The van der Waals surface area contributed by atoms with E-state index < -0.39 is 10.0 Å². The Bertz CT molecular complexity index is 519. The van der Waals surface area contributed by atoms with Crippen LogP contribution >= 0.6 is 11.3 Å². The van der Waals surface area contributed by atoms with Crippen molar-refractivity contribution in [2.75, 3.05) is 0 Å². The predicted molar refractivity (Wildman–Crippen MR) is 83.2 cm³/mol. The van der Waals surface area contributed by atoms with Crippen molar-refractivity contribution in [1.29, 1.82) is 0 Å². The summed E-state index contributed by atoms with van der Waals surface area (Å²) in [6.07, 6.45) is 6.85. The zero-order chi connectivity index (χ0) is 14.6. The summed E-state index contributed by atoms with van der Waals surface area (Å²) in [5.41, 5.74) is 5.55. The molecule has 1 aliphatic rings. The highest BCUT2D eigenvalue weighted by Crippen LogP contribution is 2.29. The summed E-state index contributed by atoms with van der Waals surface area (Å²) in [6, 6.07) is 3.51. The molecule has 20 heavy (non-hydrogen) atoms. The lowest BCUT2D eigenvalue weighted by atomic mass is 9.83. The monoisotopic (exact) mass is 316 g/mol. The van der Waals surface area contributed by atoms with Gasteiger partial charge in [-0.05, 0) is 37.3 Å². The first-order valence-corrected chi connectivity index (χ1v) is 9.68. The quantitative estimate of drug-likeness (QED) is 0.847. The minimum absolute atomic E-state index is 0.0590. The van der Waals surface area contributed by atoms with Gasteiger partial charge in [-0.15, -0.1) is 11.3 Å². The molecule has 1 fully saturated rings. The van der Waals surface area contributed by atoms with Gasteiger partial charge in [-0.1, -0.05) is 26.2 Å². The molecule has 1 atom stereocenters. The highest BCUT2D eigenvalue weighted by Gasteiger charge is 2.27. The molecule has 1 saturated carbocycles. The molecule has 0 spiro atoms. The Labute approximate surface area is 125 Å². The van der Waals surface area contributed by atoms with Crippen molar-refractivity contribution in [3.63, 3.8) is 0 Å². The number of rotatable bonds is 6. The van der Waals surface area contributed by atoms with Crippen LogP contribution in [-0.4, -0.2) is 14.5 Å². The van der Waals surface area contributed by atoms with E-state index in [1.54, 1.807) is 12.1 Å². The fourth-order valence-electron chi connectivity index (χ4n) is 2.92. The molecule has 1 aliphatic carbocycles. The molecule has 3 N–H and O–H groups in total. The molecule has 1 unspecified atom stereocenters. The van der Waals surface area contributed by atoms with Crippen molar-refractivity contribution in [3.8, 4) is 0 Å². The van der Waals surface area contributed by atoms with Gasteiger partial charge < -0.3 is 5.73 Å². The van der Waals surface area contributed by atoms with Crippen molar-refractivity contribution in [2.24, 2.45) is 11.7 Å². The van der Waals surface area contributed by atoms with E-state index in [9.17, 15) is 8.42 Å².